The van der Waals surface area contributed by atoms with E-state index in [1.165, 1.54) is 13.8 Å². The number of H-pyrrole nitrogens is 1. The van der Waals surface area contributed by atoms with Gasteiger partial charge >= 0.3 is 5.97 Å². The predicted octanol–water partition coefficient (Wildman–Crippen LogP) is -0.597. The zero-order chi connectivity index (χ0) is 13.3. The van der Waals surface area contributed by atoms with E-state index in [1.807, 2.05) is 0 Å². The highest BCUT2D eigenvalue weighted by atomic mass is 16.4. The van der Waals surface area contributed by atoms with E-state index in [0.29, 0.717) is 13.0 Å². The van der Waals surface area contributed by atoms with Gasteiger partial charge in [-0.3, -0.25) is 10.1 Å². The molecule has 2 rings (SSSR count). The first-order valence-electron chi connectivity index (χ1n) is 5.70. The van der Waals surface area contributed by atoms with E-state index in [4.69, 9.17) is 5.11 Å². The molecule has 0 fully saturated rings. The summed E-state index contributed by atoms with van der Waals surface area (Å²) in [6.45, 7) is 3.44. The van der Waals surface area contributed by atoms with Gasteiger partial charge < -0.3 is 15.4 Å². The molecule has 4 N–H and O–H groups in total. The average Bonchev–Trinajstić information content (AvgIpc) is 2.74. The summed E-state index contributed by atoms with van der Waals surface area (Å²) < 4.78 is 0. The molecule has 7 nitrogen and oxygen atoms in total. The Morgan fingerprint density at radius 1 is 1.56 bits per heavy atom. The minimum Gasteiger partial charge on any atom is -0.480 e. The number of aliphatic carboxylic acids is 1. The number of carboxylic acid groups (broad SMARTS) is 1. The van der Waals surface area contributed by atoms with Crippen LogP contribution < -0.4 is 10.6 Å². The van der Waals surface area contributed by atoms with Crippen molar-refractivity contribution in [3.8, 4) is 0 Å². The van der Waals surface area contributed by atoms with Gasteiger partial charge in [0.25, 0.3) is 0 Å². The molecule has 0 spiro atoms. The van der Waals surface area contributed by atoms with Crippen LogP contribution >= 0.6 is 0 Å². The number of nitrogens with one attached hydrogen (secondary N) is 3. The van der Waals surface area contributed by atoms with Gasteiger partial charge in [-0.15, -0.1) is 0 Å². The van der Waals surface area contributed by atoms with Gasteiger partial charge in [0.15, 0.2) is 0 Å². The molecule has 1 aliphatic heterocycles. The topological polar surface area (TPSA) is 107 Å². The van der Waals surface area contributed by atoms with Crippen molar-refractivity contribution < 1.29 is 14.7 Å². The maximum atomic E-state index is 12.0. The van der Waals surface area contributed by atoms with Crippen LogP contribution in [0.15, 0.2) is 6.33 Å². The van der Waals surface area contributed by atoms with Crippen molar-refractivity contribution in [3.63, 3.8) is 0 Å². The van der Waals surface area contributed by atoms with Crippen molar-refractivity contribution in [3.05, 3.63) is 17.7 Å². The molecule has 0 aliphatic carbocycles. The number of hydrogen-bond acceptors (Lipinski definition) is 4. The zero-order valence-electron chi connectivity index (χ0n) is 10.3. The molecule has 1 aliphatic rings. The van der Waals surface area contributed by atoms with Crippen molar-refractivity contribution >= 4 is 11.9 Å². The summed E-state index contributed by atoms with van der Waals surface area (Å²) in [5.74, 6) is -1.39. The number of fused-ring (bicyclic) bond motifs is 1. The number of carbonyl (C=O) groups is 2. The monoisotopic (exact) mass is 252 g/mol. The highest BCUT2D eigenvalue weighted by Gasteiger charge is 2.33. The maximum Gasteiger partial charge on any atom is 0.328 e. The van der Waals surface area contributed by atoms with Crippen molar-refractivity contribution in [1.29, 1.82) is 0 Å². The largest absolute Gasteiger partial charge is 0.480 e. The molecule has 0 bridgehead atoms. The quantitative estimate of drug-likeness (QED) is 0.575. The molecule has 98 valence electrons. The van der Waals surface area contributed by atoms with Gasteiger partial charge in [0, 0.05) is 13.0 Å². The molecule has 0 saturated carbocycles. The van der Waals surface area contributed by atoms with E-state index < -0.39 is 17.6 Å². The molecule has 0 aromatic carbocycles. The van der Waals surface area contributed by atoms with Gasteiger partial charge in [0.05, 0.1) is 23.8 Å². The normalized spacial score (nSPS) is 19.1. The van der Waals surface area contributed by atoms with Crippen molar-refractivity contribution in [2.75, 3.05) is 0 Å². The van der Waals surface area contributed by atoms with Gasteiger partial charge in [0.1, 0.15) is 5.54 Å². The summed E-state index contributed by atoms with van der Waals surface area (Å²) in [5, 5.41) is 14.5. The minimum atomic E-state index is -1.27. The number of aromatic nitrogens is 2. The summed E-state index contributed by atoms with van der Waals surface area (Å²) in [5.41, 5.74) is 0.545. The number of aromatic amines is 1. The Labute approximate surface area is 104 Å². The van der Waals surface area contributed by atoms with Crippen LogP contribution in [0, 0.1) is 0 Å². The van der Waals surface area contributed by atoms with Crippen LogP contribution in [-0.2, 0) is 22.6 Å². The summed E-state index contributed by atoms with van der Waals surface area (Å²) in [7, 11) is 0. The SMILES string of the molecule is CC(C)(NC(=O)C1Cc2nc[nH]c2CN1)C(=O)O. The van der Waals surface area contributed by atoms with Crippen LogP contribution in [-0.4, -0.2) is 38.5 Å². The third kappa shape index (κ3) is 2.35. The highest BCUT2D eigenvalue weighted by Crippen LogP contribution is 2.13. The number of carboxylic acids is 1. The minimum absolute atomic E-state index is 0.323. The number of rotatable bonds is 3. The number of carbonyl (C=O) groups excluding carboxylic acids is 1. The number of imidazole rings is 1. The lowest BCUT2D eigenvalue weighted by Gasteiger charge is -2.27. The van der Waals surface area contributed by atoms with E-state index in [2.05, 4.69) is 20.6 Å². The fourth-order valence-electron chi connectivity index (χ4n) is 1.80. The summed E-state index contributed by atoms with van der Waals surface area (Å²) in [6, 6.07) is -0.445. The Morgan fingerprint density at radius 3 is 2.94 bits per heavy atom. The van der Waals surface area contributed by atoms with E-state index in [-0.39, 0.29) is 5.91 Å². The van der Waals surface area contributed by atoms with Crippen molar-refractivity contribution in [2.45, 2.75) is 38.4 Å². The molecule has 1 aromatic heterocycles. The van der Waals surface area contributed by atoms with Crippen LogP contribution in [0.25, 0.3) is 0 Å². The van der Waals surface area contributed by atoms with E-state index in [1.54, 1.807) is 6.33 Å². The smallest absolute Gasteiger partial charge is 0.328 e. The molecule has 1 aromatic rings. The highest BCUT2D eigenvalue weighted by molar-refractivity contribution is 5.89. The second-order valence-corrected chi connectivity index (χ2v) is 4.88. The van der Waals surface area contributed by atoms with Crippen LogP contribution in [0.2, 0.25) is 0 Å². The zero-order valence-corrected chi connectivity index (χ0v) is 10.3. The van der Waals surface area contributed by atoms with Crippen LogP contribution in [0.5, 0.6) is 0 Å². The van der Waals surface area contributed by atoms with Crippen molar-refractivity contribution in [1.82, 2.24) is 20.6 Å². The number of hydrogen-bond donors (Lipinski definition) is 4. The Bertz CT molecular complexity index is 480. The van der Waals surface area contributed by atoms with E-state index >= 15 is 0 Å². The fraction of sp³-hybridized carbons (Fsp3) is 0.545. The second kappa shape index (κ2) is 4.41. The van der Waals surface area contributed by atoms with Gasteiger partial charge in [-0.25, -0.2) is 9.78 Å². The van der Waals surface area contributed by atoms with E-state index in [9.17, 15) is 9.59 Å². The first-order valence-corrected chi connectivity index (χ1v) is 5.70. The Morgan fingerprint density at radius 2 is 2.28 bits per heavy atom. The molecule has 1 amide bonds. The molecule has 2 heterocycles. The second-order valence-electron chi connectivity index (χ2n) is 4.88. The van der Waals surface area contributed by atoms with Crippen LogP contribution in [0.1, 0.15) is 25.2 Å². The van der Waals surface area contributed by atoms with Gasteiger partial charge in [-0.05, 0) is 13.8 Å². The van der Waals surface area contributed by atoms with Gasteiger partial charge in [-0.2, -0.15) is 0 Å². The van der Waals surface area contributed by atoms with Crippen LogP contribution in [0.3, 0.4) is 0 Å². The first kappa shape index (κ1) is 12.6. The summed E-state index contributed by atoms with van der Waals surface area (Å²) in [6.07, 6.45) is 2.05. The van der Waals surface area contributed by atoms with Gasteiger partial charge in [0.2, 0.25) is 5.91 Å². The average molecular weight is 252 g/mol. The molecule has 0 saturated heterocycles. The fourth-order valence-corrected chi connectivity index (χ4v) is 1.80. The molecular formula is C11H16N4O3. The molecule has 0 radical (unpaired) electrons. The van der Waals surface area contributed by atoms with Gasteiger partial charge in [-0.1, -0.05) is 0 Å². The third-order valence-corrected chi connectivity index (χ3v) is 3.02. The molecule has 1 atom stereocenters. The molecule has 18 heavy (non-hydrogen) atoms. The lowest BCUT2D eigenvalue weighted by atomic mass is 10.0. The number of amides is 1. The maximum absolute atomic E-state index is 12.0. The molecule has 1 unspecified atom stereocenters. The Balaban J connectivity index is 2.02. The predicted molar refractivity (Wildman–Crippen MR) is 62.8 cm³/mol. The number of nitrogens with zero attached hydrogens (tertiary/aromatic N) is 1. The lowest BCUT2D eigenvalue weighted by Crippen LogP contribution is -2.56. The first-order chi connectivity index (χ1) is 8.40. The summed E-state index contributed by atoms with van der Waals surface area (Å²) >= 11 is 0. The standard InChI is InChI=1S/C11H16N4O3/c1-11(2,10(17)18)15-9(16)7-3-6-8(4-12-7)14-5-13-6/h5,7,12H,3-4H2,1-2H3,(H,13,14)(H,15,16)(H,17,18). The van der Waals surface area contributed by atoms with E-state index in [0.717, 1.165) is 11.4 Å². The molecular weight excluding hydrogens is 236 g/mol. The van der Waals surface area contributed by atoms with Crippen LogP contribution in [0.4, 0.5) is 0 Å². The lowest BCUT2D eigenvalue weighted by molar-refractivity contribution is -0.146. The molecule has 7 heteroatoms. The Kier molecular flexibility index (Phi) is 3.08. The third-order valence-electron chi connectivity index (χ3n) is 3.02. The van der Waals surface area contributed by atoms with Crippen molar-refractivity contribution in [2.24, 2.45) is 0 Å². The summed E-state index contributed by atoms with van der Waals surface area (Å²) in [4.78, 5) is 30.0. The Hall–Kier alpha value is -1.89.